The second-order valence-corrected chi connectivity index (χ2v) is 9.27. The summed E-state index contributed by atoms with van der Waals surface area (Å²) < 4.78 is 23.1. The van der Waals surface area contributed by atoms with Crippen LogP contribution in [-0.2, 0) is 16.3 Å². The Bertz CT molecular complexity index is 669. The molecule has 1 aromatic rings. The summed E-state index contributed by atoms with van der Waals surface area (Å²) in [5.41, 5.74) is 1.12. The lowest BCUT2D eigenvalue weighted by atomic mass is 10.0. The number of nitrogens with one attached hydrogen (secondary N) is 1. The van der Waals surface area contributed by atoms with Crippen LogP contribution in [0.5, 0.6) is 0 Å². The van der Waals surface area contributed by atoms with Gasteiger partial charge in [-0.15, -0.1) is 0 Å². The number of hydrogen-bond donors (Lipinski definition) is 1. The molecule has 2 aliphatic heterocycles. The van der Waals surface area contributed by atoms with Crippen LogP contribution in [0.25, 0.3) is 0 Å². The molecule has 3 heterocycles. The number of anilines is 1. The van der Waals surface area contributed by atoms with E-state index in [0.29, 0.717) is 17.5 Å². The average molecular weight is 353 g/mol. The molecule has 1 atom stereocenters. The van der Waals surface area contributed by atoms with Gasteiger partial charge < -0.3 is 10.2 Å². The number of piperidine rings is 1. The van der Waals surface area contributed by atoms with Crippen LogP contribution in [0.3, 0.4) is 0 Å². The van der Waals surface area contributed by atoms with Crippen LogP contribution < -0.4 is 10.2 Å². The fourth-order valence-corrected chi connectivity index (χ4v) is 5.38. The second-order valence-electron chi connectivity index (χ2n) is 7.04. The van der Waals surface area contributed by atoms with E-state index in [1.807, 2.05) is 6.92 Å². The third-order valence-corrected chi connectivity index (χ3v) is 6.67. The molecule has 2 fully saturated rings. The van der Waals surface area contributed by atoms with Gasteiger partial charge >= 0.3 is 0 Å². The topological polar surface area (TPSA) is 75.2 Å². The van der Waals surface area contributed by atoms with Gasteiger partial charge in [-0.25, -0.2) is 18.4 Å². The maximum absolute atomic E-state index is 11.6. The smallest absolute Gasteiger partial charge is 0.151 e. The number of aromatic nitrogens is 2. The number of sulfone groups is 1. The molecule has 6 nitrogen and oxygen atoms in total. The van der Waals surface area contributed by atoms with Crippen molar-refractivity contribution in [3.05, 3.63) is 17.6 Å². The molecule has 0 unspecified atom stereocenters. The molecular formula is C17H28N4O2S. The van der Waals surface area contributed by atoms with Crippen molar-refractivity contribution in [2.75, 3.05) is 29.5 Å². The number of aryl methyl sites for hydroxylation is 2. The van der Waals surface area contributed by atoms with E-state index >= 15 is 0 Å². The molecule has 0 bridgehead atoms. The Morgan fingerprint density at radius 2 is 1.96 bits per heavy atom. The fourth-order valence-electron chi connectivity index (χ4n) is 3.69. The summed E-state index contributed by atoms with van der Waals surface area (Å²) in [5, 5.41) is 3.55. The lowest BCUT2D eigenvalue weighted by molar-refractivity contribution is 0.378. The van der Waals surface area contributed by atoms with Crippen LogP contribution in [0, 0.1) is 6.92 Å². The van der Waals surface area contributed by atoms with E-state index in [1.54, 1.807) is 0 Å². The minimum Gasteiger partial charge on any atom is -0.356 e. The summed E-state index contributed by atoms with van der Waals surface area (Å²) in [6, 6.07) is 2.68. The lowest BCUT2D eigenvalue weighted by Crippen LogP contribution is -2.46. The summed E-state index contributed by atoms with van der Waals surface area (Å²) in [4.78, 5) is 11.4. The summed E-state index contributed by atoms with van der Waals surface area (Å²) in [6.45, 7) is 6.04. The maximum atomic E-state index is 11.6. The van der Waals surface area contributed by atoms with Crippen LogP contribution in [-0.4, -0.2) is 55.1 Å². The van der Waals surface area contributed by atoms with Gasteiger partial charge in [0, 0.05) is 36.9 Å². The van der Waals surface area contributed by atoms with Gasteiger partial charge in [0.05, 0.1) is 11.5 Å². The number of hydrogen-bond acceptors (Lipinski definition) is 6. The molecule has 2 aliphatic rings. The average Bonchev–Trinajstić information content (AvgIpc) is 2.86. The van der Waals surface area contributed by atoms with Gasteiger partial charge in [-0.2, -0.15) is 0 Å². The number of nitrogens with zero attached hydrogens (tertiary/aromatic N) is 3. The minimum absolute atomic E-state index is 0.143. The zero-order valence-corrected chi connectivity index (χ0v) is 15.5. The first-order valence-corrected chi connectivity index (χ1v) is 10.8. The summed E-state index contributed by atoms with van der Waals surface area (Å²) in [5.74, 6) is 2.52. The quantitative estimate of drug-likeness (QED) is 0.865. The third-order valence-electron chi connectivity index (χ3n) is 4.91. The zero-order chi connectivity index (χ0) is 17.2. The Kier molecular flexibility index (Phi) is 5.39. The molecule has 0 radical (unpaired) electrons. The largest absolute Gasteiger partial charge is 0.356 e. The van der Waals surface area contributed by atoms with E-state index in [0.717, 1.165) is 62.5 Å². The van der Waals surface area contributed by atoms with Crippen molar-refractivity contribution in [1.29, 1.82) is 0 Å². The highest BCUT2D eigenvalue weighted by molar-refractivity contribution is 7.91. The predicted octanol–water partition coefficient (Wildman–Crippen LogP) is 1.48. The first kappa shape index (κ1) is 17.6. The molecule has 0 spiro atoms. The molecule has 24 heavy (non-hydrogen) atoms. The molecular weight excluding hydrogens is 324 g/mol. The second kappa shape index (κ2) is 7.35. The van der Waals surface area contributed by atoms with Crippen LogP contribution in [0.1, 0.15) is 44.1 Å². The van der Waals surface area contributed by atoms with Crippen LogP contribution in [0.15, 0.2) is 6.07 Å². The van der Waals surface area contributed by atoms with Crippen molar-refractivity contribution in [1.82, 2.24) is 15.3 Å². The first-order chi connectivity index (χ1) is 11.4. The van der Waals surface area contributed by atoms with Crippen molar-refractivity contribution < 1.29 is 8.42 Å². The molecule has 3 rings (SSSR count). The molecule has 0 aromatic carbocycles. The zero-order valence-electron chi connectivity index (χ0n) is 14.7. The van der Waals surface area contributed by atoms with Gasteiger partial charge in [0.15, 0.2) is 9.84 Å². The van der Waals surface area contributed by atoms with E-state index in [1.165, 1.54) is 0 Å². The van der Waals surface area contributed by atoms with Crippen molar-refractivity contribution in [2.45, 2.75) is 58.0 Å². The maximum Gasteiger partial charge on any atom is 0.151 e. The van der Waals surface area contributed by atoms with Gasteiger partial charge in [0.1, 0.15) is 11.6 Å². The molecule has 0 saturated carbocycles. The Hall–Kier alpha value is -1.21. The Labute approximate surface area is 145 Å². The molecule has 0 aliphatic carbocycles. The van der Waals surface area contributed by atoms with Crippen molar-refractivity contribution >= 4 is 15.7 Å². The van der Waals surface area contributed by atoms with Gasteiger partial charge in [-0.1, -0.05) is 13.3 Å². The van der Waals surface area contributed by atoms with Crippen molar-refractivity contribution in [3.8, 4) is 0 Å². The normalized spacial score (nSPS) is 24.4. The van der Waals surface area contributed by atoms with Crippen molar-refractivity contribution in [2.24, 2.45) is 0 Å². The van der Waals surface area contributed by atoms with E-state index in [9.17, 15) is 8.42 Å². The number of rotatable bonds is 5. The molecule has 2 saturated heterocycles. The third kappa shape index (κ3) is 4.45. The van der Waals surface area contributed by atoms with E-state index in [4.69, 9.17) is 0 Å². The van der Waals surface area contributed by atoms with Crippen LogP contribution in [0.2, 0.25) is 0 Å². The highest BCUT2D eigenvalue weighted by Gasteiger charge is 2.30. The van der Waals surface area contributed by atoms with Gasteiger partial charge in [0.25, 0.3) is 0 Å². The molecule has 134 valence electrons. The van der Waals surface area contributed by atoms with E-state index in [-0.39, 0.29) is 6.04 Å². The lowest BCUT2D eigenvalue weighted by Gasteiger charge is -2.34. The Balaban J connectivity index is 1.55. The van der Waals surface area contributed by atoms with Gasteiger partial charge in [-0.3, -0.25) is 0 Å². The summed E-state index contributed by atoms with van der Waals surface area (Å²) in [6.07, 6.45) is 4.90. The van der Waals surface area contributed by atoms with Crippen LogP contribution >= 0.6 is 0 Å². The first-order valence-electron chi connectivity index (χ1n) is 9.01. The monoisotopic (exact) mass is 352 g/mol. The molecule has 7 heteroatoms. The Morgan fingerprint density at radius 3 is 2.58 bits per heavy atom. The summed E-state index contributed by atoms with van der Waals surface area (Å²) >= 11 is 0. The fraction of sp³-hybridized carbons (Fsp3) is 0.765. The van der Waals surface area contributed by atoms with E-state index < -0.39 is 9.84 Å². The van der Waals surface area contributed by atoms with Gasteiger partial charge in [0.2, 0.25) is 0 Å². The summed E-state index contributed by atoms with van der Waals surface area (Å²) in [7, 11) is -2.80. The molecule has 1 aromatic heterocycles. The minimum atomic E-state index is -2.80. The molecule has 0 amide bonds. The van der Waals surface area contributed by atoms with Crippen molar-refractivity contribution in [3.63, 3.8) is 0 Å². The standard InChI is InChI=1S/C17H28N4O2S/c1-3-4-15-11-17(19-13(2)18-15)21-8-5-14(6-9-21)20-16-7-10-24(22,23)12-16/h11,14,16,20H,3-10,12H2,1-2H3/t16-/m0/s1. The SMILES string of the molecule is CCCc1cc(N2CCC(N[C@H]3CCS(=O)(=O)C3)CC2)nc(C)n1. The Morgan fingerprint density at radius 1 is 1.21 bits per heavy atom. The highest BCUT2D eigenvalue weighted by atomic mass is 32.2. The predicted molar refractivity (Wildman–Crippen MR) is 96.2 cm³/mol. The molecule has 1 N–H and O–H groups in total. The van der Waals surface area contributed by atoms with E-state index in [2.05, 4.69) is 33.2 Å². The van der Waals surface area contributed by atoms with Crippen LogP contribution in [0.4, 0.5) is 5.82 Å². The van der Waals surface area contributed by atoms with Gasteiger partial charge in [-0.05, 0) is 32.6 Å². The highest BCUT2D eigenvalue weighted by Crippen LogP contribution is 2.21.